The lowest BCUT2D eigenvalue weighted by Gasteiger charge is -2.20. The fraction of sp³-hybridized carbons (Fsp3) is 0.583. The average Bonchev–Trinajstić information content (AvgIpc) is 2.73. The van der Waals surface area contributed by atoms with E-state index in [2.05, 4.69) is 16.8 Å². The number of hydrogen-bond donors (Lipinski definition) is 1. The molecule has 0 aliphatic rings. The Labute approximate surface area is 118 Å². The van der Waals surface area contributed by atoms with Crippen LogP contribution in [0.25, 0.3) is 0 Å². The first kappa shape index (κ1) is 15.7. The lowest BCUT2D eigenvalue weighted by atomic mass is 10.3. The van der Waals surface area contributed by atoms with E-state index in [1.807, 2.05) is 25.5 Å². The first-order chi connectivity index (χ1) is 8.99. The van der Waals surface area contributed by atoms with Crippen molar-refractivity contribution in [1.29, 1.82) is 0 Å². The quantitative estimate of drug-likeness (QED) is 0.591. The lowest BCUT2D eigenvalue weighted by Crippen LogP contribution is -2.33. The summed E-state index contributed by atoms with van der Waals surface area (Å²) in [4.78, 5) is 13.8. The maximum absolute atomic E-state index is 12.1. The van der Waals surface area contributed by atoms with Crippen molar-refractivity contribution in [2.24, 2.45) is 12.8 Å². The van der Waals surface area contributed by atoms with Gasteiger partial charge in [-0.1, -0.05) is 23.9 Å². The summed E-state index contributed by atoms with van der Waals surface area (Å²) in [6, 6.07) is 0. The van der Waals surface area contributed by atoms with E-state index in [4.69, 9.17) is 5.73 Å². The highest BCUT2D eigenvalue weighted by Gasteiger charge is 2.14. The SMILES string of the molecule is C=C(C)CN(CC)C(=O)CSc1nnc(CN)n1C. The topological polar surface area (TPSA) is 77.0 Å². The van der Waals surface area contributed by atoms with Gasteiger partial charge in [-0.25, -0.2) is 0 Å². The van der Waals surface area contributed by atoms with E-state index in [0.29, 0.717) is 36.4 Å². The van der Waals surface area contributed by atoms with Crippen LogP contribution in [0.1, 0.15) is 19.7 Å². The summed E-state index contributed by atoms with van der Waals surface area (Å²) in [6.45, 7) is 9.33. The van der Waals surface area contributed by atoms with Crippen molar-refractivity contribution in [2.75, 3.05) is 18.8 Å². The van der Waals surface area contributed by atoms with Gasteiger partial charge < -0.3 is 15.2 Å². The second kappa shape index (κ2) is 7.30. The molecule has 19 heavy (non-hydrogen) atoms. The molecule has 1 aromatic rings. The Bertz CT molecular complexity index is 457. The Morgan fingerprint density at radius 2 is 2.21 bits per heavy atom. The van der Waals surface area contributed by atoms with Gasteiger partial charge in [0.2, 0.25) is 5.91 Å². The van der Waals surface area contributed by atoms with E-state index in [-0.39, 0.29) is 5.91 Å². The van der Waals surface area contributed by atoms with Crippen LogP contribution in [-0.4, -0.2) is 44.4 Å². The number of hydrogen-bond acceptors (Lipinski definition) is 5. The molecule has 7 heteroatoms. The summed E-state index contributed by atoms with van der Waals surface area (Å²) in [6.07, 6.45) is 0. The highest BCUT2D eigenvalue weighted by atomic mass is 32.2. The predicted octanol–water partition coefficient (Wildman–Crippen LogP) is 0.790. The molecule has 0 unspecified atom stereocenters. The third-order valence-electron chi connectivity index (χ3n) is 2.63. The normalized spacial score (nSPS) is 10.5. The average molecular weight is 283 g/mol. The zero-order valence-corrected chi connectivity index (χ0v) is 12.5. The van der Waals surface area contributed by atoms with Gasteiger partial charge in [0.05, 0.1) is 12.3 Å². The van der Waals surface area contributed by atoms with Crippen molar-refractivity contribution < 1.29 is 4.79 Å². The first-order valence-corrected chi connectivity index (χ1v) is 7.11. The molecule has 0 bridgehead atoms. The molecule has 0 atom stereocenters. The van der Waals surface area contributed by atoms with Crippen molar-refractivity contribution in [3.8, 4) is 0 Å². The Kier molecular flexibility index (Phi) is 6.04. The third-order valence-corrected chi connectivity index (χ3v) is 3.63. The fourth-order valence-corrected chi connectivity index (χ4v) is 2.40. The van der Waals surface area contributed by atoms with Crippen LogP contribution >= 0.6 is 11.8 Å². The molecule has 0 spiro atoms. The highest BCUT2D eigenvalue weighted by molar-refractivity contribution is 7.99. The number of carbonyl (C=O) groups is 1. The molecular weight excluding hydrogens is 262 g/mol. The number of nitrogens with two attached hydrogens (primary N) is 1. The van der Waals surface area contributed by atoms with Gasteiger partial charge in [0, 0.05) is 20.1 Å². The Balaban J connectivity index is 2.57. The van der Waals surface area contributed by atoms with E-state index in [0.717, 1.165) is 5.57 Å². The number of thioether (sulfide) groups is 1. The molecule has 1 amide bonds. The first-order valence-electron chi connectivity index (χ1n) is 6.12. The molecule has 0 aliphatic heterocycles. The zero-order chi connectivity index (χ0) is 14.4. The summed E-state index contributed by atoms with van der Waals surface area (Å²) < 4.78 is 1.81. The number of amides is 1. The smallest absolute Gasteiger partial charge is 0.233 e. The van der Waals surface area contributed by atoms with Crippen LogP contribution in [0, 0.1) is 0 Å². The molecule has 0 radical (unpaired) electrons. The molecule has 1 aromatic heterocycles. The Morgan fingerprint density at radius 3 is 2.68 bits per heavy atom. The third kappa shape index (κ3) is 4.36. The minimum atomic E-state index is 0.0767. The van der Waals surface area contributed by atoms with Crippen molar-refractivity contribution in [1.82, 2.24) is 19.7 Å². The van der Waals surface area contributed by atoms with Crippen molar-refractivity contribution in [3.05, 3.63) is 18.0 Å². The number of aromatic nitrogens is 3. The minimum absolute atomic E-state index is 0.0767. The molecular formula is C12H21N5OS. The summed E-state index contributed by atoms with van der Waals surface area (Å²) in [5.41, 5.74) is 6.50. The molecule has 6 nitrogen and oxygen atoms in total. The van der Waals surface area contributed by atoms with Crippen molar-refractivity contribution >= 4 is 17.7 Å². The number of rotatable bonds is 7. The van der Waals surface area contributed by atoms with Crippen LogP contribution in [0.2, 0.25) is 0 Å². The molecule has 0 saturated heterocycles. The van der Waals surface area contributed by atoms with Gasteiger partial charge in [0.1, 0.15) is 5.82 Å². The van der Waals surface area contributed by atoms with E-state index in [1.165, 1.54) is 11.8 Å². The van der Waals surface area contributed by atoms with Gasteiger partial charge >= 0.3 is 0 Å². The molecule has 1 rings (SSSR count). The van der Waals surface area contributed by atoms with Gasteiger partial charge in [-0.2, -0.15) is 0 Å². The van der Waals surface area contributed by atoms with Gasteiger partial charge in [0.15, 0.2) is 5.16 Å². The van der Waals surface area contributed by atoms with Crippen molar-refractivity contribution in [2.45, 2.75) is 25.5 Å². The highest BCUT2D eigenvalue weighted by Crippen LogP contribution is 2.16. The van der Waals surface area contributed by atoms with E-state index in [9.17, 15) is 4.79 Å². The molecule has 0 saturated carbocycles. The Morgan fingerprint density at radius 1 is 1.53 bits per heavy atom. The van der Waals surface area contributed by atoms with Crippen LogP contribution in [-0.2, 0) is 18.4 Å². The number of carbonyl (C=O) groups excluding carboxylic acids is 1. The van der Waals surface area contributed by atoms with E-state index < -0.39 is 0 Å². The molecule has 2 N–H and O–H groups in total. The van der Waals surface area contributed by atoms with Gasteiger partial charge in [-0.05, 0) is 13.8 Å². The largest absolute Gasteiger partial charge is 0.338 e. The van der Waals surface area contributed by atoms with Crippen molar-refractivity contribution in [3.63, 3.8) is 0 Å². The standard InChI is InChI=1S/C12H21N5OS/c1-5-17(7-9(2)3)11(18)8-19-12-15-14-10(6-13)16(12)4/h2,5-8,13H2,1,3-4H3. The summed E-state index contributed by atoms with van der Waals surface area (Å²) in [5.74, 6) is 1.13. The van der Waals surface area contributed by atoms with E-state index >= 15 is 0 Å². The van der Waals surface area contributed by atoms with Gasteiger partial charge in [-0.3, -0.25) is 4.79 Å². The zero-order valence-electron chi connectivity index (χ0n) is 11.7. The van der Waals surface area contributed by atoms with Gasteiger partial charge in [0.25, 0.3) is 0 Å². The summed E-state index contributed by atoms with van der Waals surface area (Å²) >= 11 is 1.38. The summed E-state index contributed by atoms with van der Waals surface area (Å²) in [7, 11) is 1.85. The molecule has 0 fully saturated rings. The number of nitrogens with zero attached hydrogens (tertiary/aromatic N) is 4. The maximum atomic E-state index is 12.1. The second-order valence-corrected chi connectivity index (χ2v) is 5.26. The molecule has 106 valence electrons. The maximum Gasteiger partial charge on any atom is 0.233 e. The fourth-order valence-electron chi connectivity index (χ4n) is 1.57. The van der Waals surface area contributed by atoms with Crippen LogP contribution in [0.5, 0.6) is 0 Å². The molecule has 0 aromatic carbocycles. The van der Waals surface area contributed by atoms with Gasteiger partial charge in [-0.15, -0.1) is 10.2 Å². The van der Waals surface area contributed by atoms with Crippen LogP contribution < -0.4 is 5.73 Å². The number of likely N-dealkylation sites (N-methyl/N-ethyl adjacent to an activating group) is 1. The Hall–Kier alpha value is -1.34. The van der Waals surface area contributed by atoms with Crippen LogP contribution in [0.3, 0.4) is 0 Å². The summed E-state index contributed by atoms with van der Waals surface area (Å²) in [5, 5.41) is 8.67. The minimum Gasteiger partial charge on any atom is -0.338 e. The molecule has 0 aliphatic carbocycles. The van der Waals surface area contributed by atoms with E-state index in [1.54, 1.807) is 4.90 Å². The van der Waals surface area contributed by atoms with Crippen LogP contribution in [0.4, 0.5) is 0 Å². The van der Waals surface area contributed by atoms with Crippen LogP contribution in [0.15, 0.2) is 17.3 Å². The monoisotopic (exact) mass is 283 g/mol. The second-order valence-electron chi connectivity index (χ2n) is 4.32. The predicted molar refractivity (Wildman–Crippen MR) is 76.7 cm³/mol. The molecule has 1 heterocycles. The lowest BCUT2D eigenvalue weighted by molar-refractivity contribution is -0.127.